The Labute approximate surface area is 158 Å². The first-order valence-electron chi connectivity index (χ1n) is 8.36. The Morgan fingerprint density at radius 3 is 1.93 bits per heavy atom. The topological polar surface area (TPSA) is 107 Å². The number of rotatable bonds is 4. The summed E-state index contributed by atoms with van der Waals surface area (Å²) in [7, 11) is 1.25. The fourth-order valence-corrected chi connectivity index (χ4v) is 2.30. The van der Waals surface area contributed by atoms with E-state index in [1.165, 1.54) is 7.11 Å². The van der Waals surface area contributed by atoms with Crippen molar-refractivity contribution >= 4 is 17.6 Å². The number of esters is 1. The molecule has 5 N–H and O–H groups in total. The van der Waals surface area contributed by atoms with Gasteiger partial charge in [-0.25, -0.2) is 4.79 Å². The number of nitrogens with one attached hydrogen (secondary N) is 1. The number of benzene rings is 2. The summed E-state index contributed by atoms with van der Waals surface area (Å²) in [6.07, 6.45) is 0. The zero-order chi connectivity index (χ0) is 20.0. The minimum absolute atomic E-state index is 0.395. The lowest BCUT2D eigenvalue weighted by Crippen LogP contribution is -2.59. The number of methoxy groups -OCH3 is 1. The number of nitrogens with two attached hydrogens (primary N) is 2. The molecular formula is C21H23N3O3. The van der Waals surface area contributed by atoms with E-state index in [-0.39, 0.29) is 0 Å². The number of hydrogen-bond acceptors (Lipinski definition) is 5. The van der Waals surface area contributed by atoms with Crippen LogP contribution in [0, 0.1) is 11.8 Å². The largest absolute Gasteiger partial charge is 0.467 e. The fourth-order valence-electron chi connectivity index (χ4n) is 2.30. The summed E-state index contributed by atoms with van der Waals surface area (Å²) >= 11 is 0. The predicted molar refractivity (Wildman–Crippen MR) is 105 cm³/mol. The first kappa shape index (κ1) is 20.0. The number of ether oxygens (including phenoxy) is 1. The standard InChI is InChI=1S/C21H23N3O3/c1-21(2,23)18(20(26)27-3)24-19(25)16-10-6-14(7-11-16)4-5-15-8-12-17(22)13-9-15/h6-13,18H,22-23H2,1-3H3,(H,24,25). The molecule has 6 heteroatoms. The Hall–Kier alpha value is -3.30. The van der Waals surface area contributed by atoms with Gasteiger partial charge in [-0.05, 0) is 62.4 Å². The molecule has 27 heavy (non-hydrogen) atoms. The molecule has 0 radical (unpaired) electrons. The number of carbonyl (C=O) groups excluding carboxylic acids is 2. The van der Waals surface area contributed by atoms with Crippen molar-refractivity contribution in [2.24, 2.45) is 5.73 Å². The predicted octanol–water partition coefficient (Wildman–Crippen LogP) is 1.68. The minimum Gasteiger partial charge on any atom is -0.467 e. The second-order valence-electron chi connectivity index (χ2n) is 6.70. The van der Waals surface area contributed by atoms with Crippen molar-refractivity contribution in [2.45, 2.75) is 25.4 Å². The van der Waals surface area contributed by atoms with Gasteiger partial charge in [-0.15, -0.1) is 0 Å². The van der Waals surface area contributed by atoms with Crippen LogP contribution in [-0.4, -0.2) is 30.6 Å². The van der Waals surface area contributed by atoms with Gasteiger partial charge in [0.2, 0.25) is 0 Å². The van der Waals surface area contributed by atoms with Gasteiger partial charge in [0, 0.05) is 27.9 Å². The van der Waals surface area contributed by atoms with Crippen LogP contribution >= 0.6 is 0 Å². The molecule has 0 bridgehead atoms. The van der Waals surface area contributed by atoms with Crippen molar-refractivity contribution in [3.8, 4) is 11.8 Å². The van der Waals surface area contributed by atoms with Gasteiger partial charge in [-0.1, -0.05) is 11.8 Å². The van der Waals surface area contributed by atoms with Crippen LogP contribution in [0.15, 0.2) is 48.5 Å². The molecule has 2 aromatic carbocycles. The van der Waals surface area contributed by atoms with Gasteiger partial charge in [0.1, 0.15) is 6.04 Å². The molecule has 0 fully saturated rings. The van der Waals surface area contributed by atoms with Gasteiger partial charge >= 0.3 is 5.97 Å². The van der Waals surface area contributed by atoms with Crippen molar-refractivity contribution in [3.05, 3.63) is 65.2 Å². The fraction of sp³-hybridized carbons (Fsp3) is 0.238. The quantitative estimate of drug-likeness (QED) is 0.434. The van der Waals surface area contributed by atoms with Gasteiger partial charge in [-0.2, -0.15) is 0 Å². The van der Waals surface area contributed by atoms with Gasteiger partial charge < -0.3 is 21.5 Å². The van der Waals surface area contributed by atoms with Crippen LogP contribution in [0.3, 0.4) is 0 Å². The lowest BCUT2D eigenvalue weighted by Gasteiger charge is -2.28. The van der Waals surface area contributed by atoms with Crippen molar-refractivity contribution in [1.82, 2.24) is 5.32 Å². The number of anilines is 1. The summed E-state index contributed by atoms with van der Waals surface area (Å²) in [5.41, 5.74) is 13.3. The molecule has 0 saturated heterocycles. The van der Waals surface area contributed by atoms with Crippen LogP contribution < -0.4 is 16.8 Å². The third-order valence-electron chi connectivity index (χ3n) is 3.87. The van der Waals surface area contributed by atoms with E-state index in [9.17, 15) is 9.59 Å². The van der Waals surface area contributed by atoms with Crippen LogP contribution in [0.25, 0.3) is 0 Å². The first-order valence-corrected chi connectivity index (χ1v) is 8.36. The molecule has 140 valence electrons. The van der Waals surface area contributed by atoms with Crippen molar-refractivity contribution in [2.75, 3.05) is 12.8 Å². The van der Waals surface area contributed by atoms with Crippen molar-refractivity contribution in [3.63, 3.8) is 0 Å². The number of amides is 1. The van der Waals surface area contributed by atoms with E-state index >= 15 is 0 Å². The molecule has 6 nitrogen and oxygen atoms in total. The summed E-state index contributed by atoms with van der Waals surface area (Å²) in [4.78, 5) is 24.3. The second-order valence-corrected chi connectivity index (χ2v) is 6.70. The van der Waals surface area contributed by atoms with Crippen molar-refractivity contribution in [1.29, 1.82) is 0 Å². The highest BCUT2D eigenvalue weighted by atomic mass is 16.5. The zero-order valence-corrected chi connectivity index (χ0v) is 15.6. The highest BCUT2D eigenvalue weighted by Crippen LogP contribution is 2.10. The van der Waals surface area contributed by atoms with E-state index in [1.807, 2.05) is 12.1 Å². The van der Waals surface area contributed by atoms with Crippen LogP contribution in [0.2, 0.25) is 0 Å². The maximum absolute atomic E-state index is 12.4. The van der Waals surface area contributed by atoms with Gasteiger partial charge in [0.05, 0.1) is 7.11 Å². The molecule has 2 aromatic rings. The lowest BCUT2D eigenvalue weighted by molar-refractivity contribution is -0.144. The molecule has 1 amide bonds. The summed E-state index contributed by atoms with van der Waals surface area (Å²) in [5, 5.41) is 2.62. The molecule has 0 aliphatic rings. The van der Waals surface area contributed by atoms with E-state index in [1.54, 1.807) is 50.2 Å². The molecule has 1 unspecified atom stereocenters. The summed E-state index contributed by atoms with van der Waals surface area (Å²) in [6, 6.07) is 13.0. The van der Waals surface area contributed by atoms with Crippen LogP contribution in [0.4, 0.5) is 5.69 Å². The highest BCUT2D eigenvalue weighted by Gasteiger charge is 2.34. The molecule has 0 aliphatic carbocycles. The highest BCUT2D eigenvalue weighted by molar-refractivity contribution is 5.97. The molecule has 0 heterocycles. The molecular weight excluding hydrogens is 342 g/mol. The van der Waals surface area contributed by atoms with E-state index < -0.39 is 23.5 Å². The van der Waals surface area contributed by atoms with Crippen molar-refractivity contribution < 1.29 is 14.3 Å². The average Bonchev–Trinajstić information content (AvgIpc) is 2.64. The smallest absolute Gasteiger partial charge is 0.330 e. The Kier molecular flexibility index (Phi) is 6.22. The molecule has 0 saturated carbocycles. The summed E-state index contributed by atoms with van der Waals surface area (Å²) < 4.78 is 4.72. The SMILES string of the molecule is COC(=O)C(NC(=O)c1ccc(C#Cc2ccc(N)cc2)cc1)C(C)(C)N. The average molecular weight is 365 g/mol. The number of nitrogen functional groups attached to an aromatic ring is 1. The van der Waals surface area contributed by atoms with Crippen LogP contribution in [0.1, 0.15) is 35.3 Å². The Bertz CT molecular complexity index is 870. The Morgan fingerprint density at radius 2 is 1.48 bits per heavy atom. The summed E-state index contributed by atoms with van der Waals surface area (Å²) in [6.45, 7) is 3.29. The van der Waals surface area contributed by atoms with Gasteiger partial charge in [0.15, 0.2) is 0 Å². The number of carbonyl (C=O) groups is 2. The van der Waals surface area contributed by atoms with Gasteiger partial charge in [-0.3, -0.25) is 4.79 Å². The maximum atomic E-state index is 12.4. The van der Waals surface area contributed by atoms with Crippen LogP contribution in [-0.2, 0) is 9.53 Å². The lowest BCUT2D eigenvalue weighted by atomic mass is 9.95. The van der Waals surface area contributed by atoms with E-state index in [2.05, 4.69) is 17.2 Å². The zero-order valence-electron chi connectivity index (χ0n) is 15.6. The molecule has 0 aromatic heterocycles. The minimum atomic E-state index is -0.965. The molecule has 2 rings (SSSR count). The Morgan fingerprint density at radius 1 is 1.00 bits per heavy atom. The third kappa shape index (κ3) is 5.59. The second kappa shape index (κ2) is 8.39. The molecule has 0 spiro atoms. The normalized spacial score (nSPS) is 11.7. The molecule has 1 atom stereocenters. The summed E-state index contributed by atoms with van der Waals surface area (Å²) in [5.74, 6) is 5.04. The van der Waals surface area contributed by atoms with Gasteiger partial charge in [0.25, 0.3) is 5.91 Å². The monoisotopic (exact) mass is 365 g/mol. The van der Waals surface area contributed by atoms with Crippen LogP contribution in [0.5, 0.6) is 0 Å². The van der Waals surface area contributed by atoms with E-state index in [0.29, 0.717) is 11.3 Å². The third-order valence-corrected chi connectivity index (χ3v) is 3.87. The number of hydrogen-bond donors (Lipinski definition) is 3. The first-order chi connectivity index (χ1) is 12.7. The maximum Gasteiger partial charge on any atom is 0.330 e. The van der Waals surface area contributed by atoms with E-state index in [0.717, 1.165) is 11.1 Å². The molecule has 0 aliphatic heterocycles. The van der Waals surface area contributed by atoms with E-state index in [4.69, 9.17) is 16.2 Å². The Balaban J connectivity index is 2.11.